The first kappa shape index (κ1) is 17.0. The van der Waals surface area contributed by atoms with Crippen molar-refractivity contribution in [1.82, 2.24) is 14.8 Å². The fraction of sp³-hybridized carbons (Fsp3) is 0.591. The maximum Gasteiger partial charge on any atom is 0.224 e. The molecule has 2 saturated carbocycles. The van der Waals surface area contributed by atoms with Crippen LogP contribution in [0.15, 0.2) is 24.3 Å². The second-order valence-corrected chi connectivity index (χ2v) is 8.67. The molecule has 0 saturated heterocycles. The molecule has 1 amide bonds. The van der Waals surface area contributed by atoms with Gasteiger partial charge in [-0.1, -0.05) is 12.8 Å². The van der Waals surface area contributed by atoms with Gasteiger partial charge in [-0.25, -0.2) is 0 Å². The molecule has 3 atom stereocenters. The van der Waals surface area contributed by atoms with E-state index in [0.717, 1.165) is 47.7 Å². The van der Waals surface area contributed by atoms with Crippen LogP contribution in [0, 0.1) is 17.8 Å². The number of rotatable bonds is 4. The normalized spacial score (nSPS) is 26.6. The molecule has 0 spiro atoms. The van der Waals surface area contributed by atoms with Gasteiger partial charge in [0.25, 0.3) is 0 Å². The first-order chi connectivity index (χ1) is 13.3. The number of anilines is 1. The van der Waals surface area contributed by atoms with E-state index in [-0.39, 0.29) is 5.91 Å². The van der Waals surface area contributed by atoms with Crippen LogP contribution in [0.1, 0.15) is 57.2 Å². The standard InChI is InChI=1S/C22H28N4O/c27-21(14-18-13-15-5-6-17(18)12-15)23-19-9-7-16(8-10-19)22-25-24-20-4-2-1-3-11-26(20)22/h7-10,15,17-18H,1-6,11-14H2,(H,23,27)/t15-,17+,18-/m0/s1. The predicted molar refractivity (Wildman–Crippen MR) is 105 cm³/mol. The number of aromatic nitrogens is 3. The number of fused-ring (bicyclic) bond motifs is 3. The Bertz CT molecular complexity index is 825. The van der Waals surface area contributed by atoms with E-state index in [4.69, 9.17) is 0 Å². The summed E-state index contributed by atoms with van der Waals surface area (Å²) in [6, 6.07) is 8.09. The van der Waals surface area contributed by atoms with Gasteiger partial charge in [0.05, 0.1) is 0 Å². The number of benzene rings is 1. The molecule has 2 bridgehead atoms. The van der Waals surface area contributed by atoms with Gasteiger partial charge < -0.3 is 9.88 Å². The van der Waals surface area contributed by atoms with E-state index >= 15 is 0 Å². The molecule has 5 nitrogen and oxygen atoms in total. The number of carbonyl (C=O) groups excluding carboxylic acids is 1. The highest BCUT2D eigenvalue weighted by molar-refractivity contribution is 5.91. The van der Waals surface area contributed by atoms with Crippen molar-refractivity contribution in [2.24, 2.45) is 17.8 Å². The van der Waals surface area contributed by atoms with Crippen LogP contribution < -0.4 is 5.32 Å². The number of nitrogens with one attached hydrogen (secondary N) is 1. The summed E-state index contributed by atoms with van der Waals surface area (Å²) in [4.78, 5) is 12.5. The Morgan fingerprint density at radius 3 is 2.74 bits per heavy atom. The fourth-order valence-electron chi connectivity index (χ4n) is 5.48. The zero-order chi connectivity index (χ0) is 18.2. The molecular weight excluding hydrogens is 336 g/mol. The highest BCUT2D eigenvalue weighted by Gasteiger charge is 2.40. The average Bonchev–Trinajstić information content (AvgIpc) is 3.35. The molecule has 0 radical (unpaired) electrons. The Morgan fingerprint density at radius 1 is 1.07 bits per heavy atom. The summed E-state index contributed by atoms with van der Waals surface area (Å²) in [5, 5.41) is 11.9. The molecule has 5 rings (SSSR count). The van der Waals surface area contributed by atoms with Crippen molar-refractivity contribution in [3.05, 3.63) is 30.1 Å². The van der Waals surface area contributed by atoms with E-state index in [2.05, 4.69) is 32.2 Å². The molecule has 1 aromatic heterocycles. The van der Waals surface area contributed by atoms with Crippen LogP contribution in [0.5, 0.6) is 0 Å². The van der Waals surface area contributed by atoms with Crippen molar-refractivity contribution in [1.29, 1.82) is 0 Å². The molecule has 0 unspecified atom stereocenters. The minimum absolute atomic E-state index is 0.164. The van der Waals surface area contributed by atoms with Gasteiger partial charge in [-0.15, -0.1) is 10.2 Å². The van der Waals surface area contributed by atoms with Crippen molar-refractivity contribution in [3.63, 3.8) is 0 Å². The van der Waals surface area contributed by atoms with Gasteiger partial charge >= 0.3 is 0 Å². The van der Waals surface area contributed by atoms with Crippen LogP contribution in [0.25, 0.3) is 11.4 Å². The highest BCUT2D eigenvalue weighted by atomic mass is 16.1. The van der Waals surface area contributed by atoms with Crippen molar-refractivity contribution < 1.29 is 4.79 Å². The summed E-state index contributed by atoms with van der Waals surface area (Å²) >= 11 is 0. The van der Waals surface area contributed by atoms with Crippen molar-refractivity contribution >= 4 is 11.6 Å². The zero-order valence-electron chi connectivity index (χ0n) is 15.9. The van der Waals surface area contributed by atoms with E-state index in [1.807, 2.05) is 12.1 Å². The third kappa shape index (κ3) is 3.40. The van der Waals surface area contributed by atoms with Gasteiger partial charge in [0.15, 0.2) is 5.82 Å². The summed E-state index contributed by atoms with van der Waals surface area (Å²) in [6.07, 6.45) is 10.7. The third-order valence-corrected chi connectivity index (χ3v) is 6.87. The molecule has 27 heavy (non-hydrogen) atoms. The van der Waals surface area contributed by atoms with Crippen molar-refractivity contribution in [3.8, 4) is 11.4 Å². The lowest BCUT2D eigenvalue weighted by Crippen LogP contribution is -2.20. The van der Waals surface area contributed by atoms with E-state index in [1.165, 1.54) is 44.9 Å². The third-order valence-electron chi connectivity index (χ3n) is 6.87. The lowest BCUT2D eigenvalue weighted by Gasteiger charge is -2.20. The molecule has 5 heteroatoms. The summed E-state index contributed by atoms with van der Waals surface area (Å²) in [5.41, 5.74) is 1.95. The van der Waals surface area contributed by atoms with Gasteiger partial charge in [-0.3, -0.25) is 4.79 Å². The van der Waals surface area contributed by atoms with Gasteiger partial charge in [-0.05, 0) is 74.1 Å². The maximum atomic E-state index is 12.5. The van der Waals surface area contributed by atoms with Crippen molar-refractivity contribution in [2.75, 3.05) is 5.32 Å². The van der Waals surface area contributed by atoms with Crippen LogP contribution in [-0.4, -0.2) is 20.7 Å². The summed E-state index contributed by atoms with van der Waals surface area (Å²) in [6.45, 7) is 1.000. The monoisotopic (exact) mass is 364 g/mol. The fourth-order valence-corrected chi connectivity index (χ4v) is 5.48. The molecule has 3 aliphatic rings. The Kier molecular flexibility index (Phi) is 4.46. The first-order valence-corrected chi connectivity index (χ1v) is 10.6. The lowest BCUT2D eigenvalue weighted by molar-refractivity contribution is -0.117. The number of hydrogen-bond donors (Lipinski definition) is 1. The van der Waals surface area contributed by atoms with Crippen LogP contribution in [0.4, 0.5) is 5.69 Å². The predicted octanol–water partition coefficient (Wildman–Crippen LogP) is 4.44. The molecule has 2 aromatic rings. The number of carbonyl (C=O) groups is 1. The number of aryl methyl sites for hydroxylation is 1. The second kappa shape index (κ2) is 7.10. The van der Waals surface area contributed by atoms with E-state index in [1.54, 1.807) is 0 Å². The number of hydrogen-bond acceptors (Lipinski definition) is 3. The maximum absolute atomic E-state index is 12.5. The Balaban J connectivity index is 1.24. The van der Waals surface area contributed by atoms with Crippen LogP contribution in [0.3, 0.4) is 0 Å². The van der Waals surface area contributed by atoms with Gasteiger partial charge in [-0.2, -0.15) is 0 Å². The molecule has 1 aliphatic heterocycles. The van der Waals surface area contributed by atoms with Crippen LogP contribution in [0.2, 0.25) is 0 Å². The Labute approximate surface area is 160 Å². The SMILES string of the molecule is O=C(C[C@@H]1C[C@H]2CC[C@@H]1C2)Nc1ccc(-c2nnc3n2CCCCC3)cc1. The highest BCUT2D eigenvalue weighted by Crippen LogP contribution is 2.49. The minimum Gasteiger partial charge on any atom is -0.326 e. The molecule has 2 aliphatic carbocycles. The largest absolute Gasteiger partial charge is 0.326 e. The quantitative estimate of drug-likeness (QED) is 0.873. The van der Waals surface area contributed by atoms with E-state index < -0.39 is 0 Å². The molecule has 2 fully saturated rings. The molecular formula is C22H28N4O. The van der Waals surface area contributed by atoms with Crippen LogP contribution >= 0.6 is 0 Å². The Hall–Kier alpha value is -2.17. The van der Waals surface area contributed by atoms with Crippen LogP contribution in [-0.2, 0) is 17.8 Å². The summed E-state index contributed by atoms with van der Waals surface area (Å²) < 4.78 is 2.26. The average molecular weight is 364 g/mol. The Morgan fingerprint density at radius 2 is 1.96 bits per heavy atom. The van der Waals surface area contributed by atoms with E-state index in [0.29, 0.717) is 12.3 Å². The molecule has 1 N–H and O–H groups in total. The lowest BCUT2D eigenvalue weighted by atomic mass is 9.86. The number of nitrogens with zero attached hydrogens (tertiary/aromatic N) is 3. The first-order valence-electron chi connectivity index (χ1n) is 10.6. The van der Waals surface area contributed by atoms with Gasteiger partial charge in [0.2, 0.25) is 5.91 Å². The van der Waals surface area contributed by atoms with Crippen molar-refractivity contribution in [2.45, 2.75) is 64.3 Å². The van der Waals surface area contributed by atoms with Gasteiger partial charge in [0, 0.05) is 30.6 Å². The second-order valence-electron chi connectivity index (χ2n) is 8.67. The topological polar surface area (TPSA) is 59.8 Å². The van der Waals surface area contributed by atoms with Gasteiger partial charge in [0.1, 0.15) is 5.82 Å². The minimum atomic E-state index is 0.164. The molecule has 142 valence electrons. The smallest absolute Gasteiger partial charge is 0.224 e. The van der Waals surface area contributed by atoms with E-state index in [9.17, 15) is 4.79 Å². The molecule has 1 aromatic carbocycles. The number of amides is 1. The summed E-state index contributed by atoms with van der Waals surface area (Å²) in [5.74, 6) is 4.51. The zero-order valence-corrected chi connectivity index (χ0v) is 15.9. The molecule has 2 heterocycles. The summed E-state index contributed by atoms with van der Waals surface area (Å²) in [7, 11) is 0.